The molecule has 0 radical (unpaired) electrons. The molecule has 66 valence electrons. The zero-order chi connectivity index (χ0) is 8.53. The lowest BCUT2D eigenvalue weighted by molar-refractivity contribution is -0.0876. The van der Waals surface area contributed by atoms with Gasteiger partial charge in [-0.2, -0.15) is 0 Å². The SMILES string of the molecule is C=CCC[SiH2]CC(OC)OC. The first-order valence-electron chi connectivity index (χ1n) is 4.01. The lowest BCUT2D eigenvalue weighted by atomic mass is 10.5. The van der Waals surface area contributed by atoms with Gasteiger partial charge in [-0.15, -0.1) is 6.58 Å². The summed E-state index contributed by atoms with van der Waals surface area (Å²) >= 11 is 0. The molecule has 2 nitrogen and oxygen atoms in total. The highest BCUT2D eigenvalue weighted by atomic mass is 28.2. The molecule has 0 aromatic heterocycles. The van der Waals surface area contributed by atoms with E-state index in [9.17, 15) is 0 Å². The van der Waals surface area contributed by atoms with Gasteiger partial charge in [0.25, 0.3) is 0 Å². The summed E-state index contributed by atoms with van der Waals surface area (Å²) in [5, 5.41) is 0. The third kappa shape index (κ3) is 6.28. The summed E-state index contributed by atoms with van der Waals surface area (Å²) in [6, 6.07) is 2.42. The molecular weight excluding hydrogens is 156 g/mol. The zero-order valence-corrected chi connectivity index (χ0v) is 8.92. The third-order valence-electron chi connectivity index (χ3n) is 1.62. The van der Waals surface area contributed by atoms with Gasteiger partial charge in [-0.3, -0.25) is 0 Å². The fourth-order valence-electron chi connectivity index (χ4n) is 0.932. The van der Waals surface area contributed by atoms with Crippen LogP contribution in [0.25, 0.3) is 0 Å². The highest BCUT2D eigenvalue weighted by Gasteiger charge is 2.02. The molecule has 0 unspecified atom stereocenters. The second-order valence-electron chi connectivity index (χ2n) is 2.47. The number of hydrogen-bond donors (Lipinski definition) is 0. The molecular formula is C8H18O2Si. The largest absolute Gasteiger partial charge is 0.356 e. The van der Waals surface area contributed by atoms with Crippen LogP contribution in [0.1, 0.15) is 6.42 Å². The minimum Gasteiger partial charge on any atom is -0.356 e. The van der Waals surface area contributed by atoms with Crippen LogP contribution in [0.3, 0.4) is 0 Å². The molecule has 0 aliphatic heterocycles. The average Bonchev–Trinajstić information content (AvgIpc) is 2.05. The molecule has 0 saturated carbocycles. The van der Waals surface area contributed by atoms with E-state index in [1.54, 1.807) is 14.2 Å². The molecule has 0 amide bonds. The Labute approximate surface area is 71.4 Å². The molecule has 3 heteroatoms. The van der Waals surface area contributed by atoms with Crippen molar-refractivity contribution in [2.45, 2.75) is 24.8 Å². The Kier molecular flexibility index (Phi) is 7.89. The topological polar surface area (TPSA) is 18.5 Å². The van der Waals surface area contributed by atoms with Crippen molar-refractivity contribution in [1.82, 2.24) is 0 Å². The second kappa shape index (κ2) is 7.98. The Hall–Kier alpha value is -0.123. The minimum absolute atomic E-state index is 0.00965. The van der Waals surface area contributed by atoms with Gasteiger partial charge in [0.15, 0.2) is 6.29 Å². The predicted octanol–water partition coefficient (Wildman–Crippen LogP) is 1.19. The quantitative estimate of drug-likeness (QED) is 0.250. The van der Waals surface area contributed by atoms with Crippen LogP contribution in [0.15, 0.2) is 12.7 Å². The fourth-order valence-corrected chi connectivity index (χ4v) is 2.60. The van der Waals surface area contributed by atoms with Crippen LogP contribution in [0.4, 0.5) is 0 Å². The van der Waals surface area contributed by atoms with Crippen LogP contribution >= 0.6 is 0 Å². The van der Waals surface area contributed by atoms with Crippen LogP contribution in [0, 0.1) is 0 Å². The Balaban J connectivity index is 3.13. The first-order chi connectivity index (χ1) is 5.35. The number of rotatable bonds is 7. The van der Waals surface area contributed by atoms with Crippen molar-refractivity contribution in [1.29, 1.82) is 0 Å². The summed E-state index contributed by atoms with van der Waals surface area (Å²) in [5.41, 5.74) is 0. The predicted molar refractivity (Wildman–Crippen MR) is 50.8 cm³/mol. The maximum atomic E-state index is 5.07. The summed E-state index contributed by atoms with van der Waals surface area (Å²) in [7, 11) is 3.39. The molecule has 0 spiro atoms. The zero-order valence-electron chi connectivity index (χ0n) is 7.51. The van der Waals surface area contributed by atoms with Gasteiger partial charge in [0.1, 0.15) is 0 Å². The molecule has 0 aliphatic carbocycles. The summed E-state index contributed by atoms with van der Waals surface area (Å²) < 4.78 is 10.1. The molecule has 0 aromatic carbocycles. The summed E-state index contributed by atoms with van der Waals surface area (Å²) in [4.78, 5) is 0. The van der Waals surface area contributed by atoms with Gasteiger partial charge < -0.3 is 9.47 Å². The molecule has 0 atom stereocenters. The normalized spacial score (nSPS) is 11.5. The Morgan fingerprint density at radius 2 is 2.09 bits per heavy atom. The van der Waals surface area contributed by atoms with Gasteiger partial charge in [0.2, 0.25) is 0 Å². The number of hydrogen-bond acceptors (Lipinski definition) is 2. The molecule has 0 aliphatic rings. The van der Waals surface area contributed by atoms with Gasteiger partial charge in [0.05, 0.1) is 0 Å². The van der Waals surface area contributed by atoms with Crippen LogP contribution in [0.2, 0.25) is 12.1 Å². The first-order valence-corrected chi connectivity index (χ1v) is 6.01. The van der Waals surface area contributed by atoms with E-state index in [4.69, 9.17) is 9.47 Å². The van der Waals surface area contributed by atoms with Gasteiger partial charge >= 0.3 is 0 Å². The molecule has 0 saturated heterocycles. The van der Waals surface area contributed by atoms with E-state index in [0.717, 1.165) is 12.5 Å². The molecule has 0 fully saturated rings. The lowest BCUT2D eigenvalue weighted by Crippen LogP contribution is -2.14. The lowest BCUT2D eigenvalue weighted by Gasteiger charge is -2.11. The van der Waals surface area contributed by atoms with Crippen LogP contribution in [-0.4, -0.2) is 30.0 Å². The van der Waals surface area contributed by atoms with E-state index in [0.29, 0.717) is 0 Å². The van der Waals surface area contributed by atoms with E-state index >= 15 is 0 Å². The monoisotopic (exact) mass is 174 g/mol. The third-order valence-corrected chi connectivity index (χ3v) is 3.41. The molecule has 0 aromatic rings. The van der Waals surface area contributed by atoms with Gasteiger partial charge in [0, 0.05) is 23.7 Å². The highest BCUT2D eigenvalue weighted by molar-refractivity contribution is 6.35. The van der Waals surface area contributed by atoms with Gasteiger partial charge in [-0.05, 0) is 12.5 Å². The van der Waals surface area contributed by atoms with E-state index in [1.165, 1.54) is 6.04 Å². The van der Waals surface area contributed by atoms with Crippen molar-refractivity contribution in [3.63, 3.8) is 0 Å². The molecule has 0 N–H and O–H groups in total. The average molecular weight is 174 g/mol. The molecule has 11 heavy (non-hydrogen) atoms. The van der Waals surface area contributed by atoms with Crippen molar-refractivity contribution >= 4 is 9.52 Å². The van der Waals surface area contributed by atoms with E-state index in [2.05, 4.69) is 6.58 Å². The standard InChI is InChI=1S/C8H18O2Si/c1-4-5-6-11-7-8(9-2)10-3/h4,8H,1,5-7,11H2,2-3H3. The Morgan fingerprint density at radius 1 is 1.45 bits per heavy atom. The molecule has 0 bridgehead atoms. The van der Waals surface area contributed by atoms with Crippen molar-refractivity contribution in [2.24, 2.45) is 0 Å². The number of methoxy groups -OCH3 is 2. The van der Waals surface area contributed by atoms with Crippen molar-refractivity contribution in [3.05, 3.63) is 12.7 Å². The Morgan fingerprint density at radius 3 is 2.55 bits per heavy atom. The van der Waals surface area contributed by atoms with Gasteiger partial charge in [-0.25, -0.2) is 0 Å². The number of ether oxygens (including phenoxy) is 2. The smallest absolute Gasteiger partial charge is 0.153 e. The maximum absolute atomic E-state index is 5.07. The van der Waals surface area contributed by atoms with Crippen LogP contribution in [0.5, 0.6) is 0 Å². The van der Waals surface area contributed by atoms with Crippen molar-refractivity contribution in [3.8, 4) is 0 Å². The second-order valence-corrected chi connectivity index (χ2v) is 4.47. The maximum Gasteiger partial charge on any atom is 0.153 e. The van der Waals surface area contributed by atoms with E-state index in [1.807, 2.05) is 6.08 Å². The first kappa shape index (κ1) is 10.9. The van der Waals surface area contributed by atoms with Crippen LogP contribution in [-0.2, 0) is 9.47 Å². The van der Waals surface area contributed by atoms with Crippen molar-refractivity contribution in [2.75, 3.05) is 14.2 Å². The van der Waals surface area contributed by atoms with E-state index in [-0.39, 0.29) is 15.8 Å². The Bertz CT molecular complexity index is 92.1. The highest BCUT2D eigenvalue weighted by Crippen LogP contribution is 2.00. The molecule has 0 rings (SSSR count). The van der Waals surface area contributed by atoms with Crippen molar-refractivity contribution < 1.29 is 9.47 Å². The van der Waals surface area contributed by atoms with Crippen LogP contribution < -0.4 is 0 Å². The fraction of sp³-hybridized carbons (Fsp3) is 0.750. The summed E-state index contributed by atoms with van der Waals surface area (Å²) in [6.07, 6.45) is 3.15. The van der Waals surface area contributed by atoms with Gasteiger partial charge in [-0.1, -0.05) is 12.1 Å². The number of allylic oxidation sites excluding steroid dienone is 1. The van der Waals surface area contributed by atoms with E-state index < -0.39 is 0 Å². The molecule has 0 heterocycles. The minimum atomic E-state index is 0.00965. The summed E-state index contributed by atoms with van der Waals surface area (Å²) in [5.74, 6) is 0. The summed E-state index contributed by atoms with van der Waals surface area (Å²) in [6.45, 7) is 3.68.